The number of esters is 1. The van der Waals surface area contributed by atoms with Crippen LogP contribution in [0.2, 0.25) is 0 Å². The largest absolute Gasteiger partial charge is 0.467 e. The molecule has 2 rings (SSSR count). The second-order valence-corrected chi connectivity index (χ2v) is 8.10. The van der Waals surface area contributed by atoms with Crippen LogP contribution in [0.1, 0.15) is 39.2 Å². The van der Waals surface area contributed by atoms with Crippen molar-refractivity contribution in [2.45, 2.75) is 63.8 Å². The number of hydrogen-bond acceptors (Lipinski definition) is 6. The molecule has 29 heavy (non-hydrogen) atoms. The first-order valence-corrected chi connectivity index (χ1v) is 9.72. The lowest BCUT2D eigenvalue weighted by molar-refractivity contribution is -0.154. The van der Waals surface area contributed by atoms with E-state index >= 15 is 0 Å². The molecule has 1 aliphatic heterocycles. The third kappa shape index (κ3) is 6.45. The van der Waals surface area contributed by atoms with E-state index < -0.39 is 41.8 Å². The number of hydrogen-bond donors (Lipinski definition) is 2. The number of carbonyl (C=O) groups excluding carboxylic acids is 3. The van der Waals surface area contributed by atoms with Crippen molar-refractivity contribution in [3.63, 3.8) is 0 Å². The highest BCUT2D eigenvalue weighted by atomic mass is 16.6. The third-order valence-electron chi connectivity index (χ3n) is 4.64. The maximum absolute atomic E-state index is 13.0. The lowest BCUT2D eigenvalue weighted by Crippen LogP contribution is -2.55. The van der Waals surface area contributed by atoms with E-state index in [0.717, 1.165) is 5.56 Å². The normalized spacial score (nSPS) is 18.7. The first-order chi connectivity index (χ1) is 13.6. The van der Waals surface area contributed by atoms with Crippen molar-refractivity contribution in [1.82, 2.24) is 10.2 Å². The van der Waals surface area contributed by atoms with Crippen LogP contribution in [0.25, 0.3) is 0 Å². The fraction of sp³-hybridized carbons (Fsp3) is 0.571. The van der Waals surface area contributed by atoms with Gasteiger partial charge in [0, 0.05) is 6.54 Å². The molecular weight excluding hydrogens is 376 g/mol. The predicted octanol–water partition coefficient (Wildman–Crippen LogP) is 1.65. The van der Waals surface area contributed by atoms with E-state index in [-0.39, 0.29) is 6.42 Å². The maximum Gasteiger partial charge on any atom is 0.407 e. The van der Waals surface area contributed by atoms with Crippen LogP contribution in [-0.4, -0.2) is 65.4 Å². The van der Waals surface area contributed by atoms with Gasteiger partial charge in [0.25, 0.3) is 5.91 Å². The molecule has 1 aliphatic rings. The summed E-state index contributed by atoms with van der Waals surface area (Å²) in [5, 5.41) is 13.4. The molecule has 8 heteroatoms. The first kappa shape index (κ1) is 22.7. The molecule has 0 saturated carbocycles. The summed E-state index contributed by atoms with van der Waals surface area (Å²) in [6.45, 7) is 5.53. The Balaban J connectivity index is 2.18. The van der Waals surface area contributed by atoms with E-state index in [9.17, 15) is 19.5 Å². The number of likely N-dealkylation sites (tertiary alicyclic amines) is 1. The summed E-state index contributed by atoms with van der Waals surface area (Å²) in [5.41, 5.74) is 0.118. The zero-order chi connectivity index (χ0) is 21.6. The molecular formula is C21H30N2O6. The molecule has 8 nitrogen and oxygen atoms in total. The number of nitrogens with zero attached hydrogens (tertiary/aromatic N) is 1. The lowest BCUT2D eigenvalue weighted by atomic mass is 10.00. The molecule has 0 aliphatic carbocycles. The molecule has 2 amide bonds. The van der Waals surface area contributed by atoms with Gasteiger partial charge in [0.2, 0.25) is 0 Å². The van der Waals surface area contributed by atoms with Crippen molar-refractivity contribution < 1.29 is 29.0 Å². The number of amides is 2. The van der Waals surface area contributed by atoms with E-state index in [1.165, 1.54) is 12.0 Å². The average Bonchev–Trinajstić information content (AvgIpc) is 3.14. The Morgan fingerprint density at radius 1 is 1.24 bits per heavy atom. The molecule has 2 N–H and O–H groups in total. The van der Waals surface area contributed by atoms with Crippen molar-refractivity contribution in [3.8, 4) is 0 Å². The van der Waals surface area contributed by atoms with Crippen LogP contribution in [0.5, 0.6) is 0 Å². The summed E-state index contributed by atoms with van der Waals surface area (Å²) >= 11 is 0. The molecule has 0 unspecified atom stereocenters. The summed E-state index contributed by atoms with van der Waals surface area (Å²) < 4.78 is 10.0. The number of aliphatic hydroxyl groups excluding tert-OH is 1. The van der Waals surface area contributed by atoms with Gasteiger partial charge in [-0.1, -0.05) is 30.3 Å². The van der Waals surface area contributed by atoms with E-state index in [1.54, 1.807) is 20.8 Å². The third-order valence-corrected chi connectivity index (χ3v) is 4.64. The summed E-state index contributed by atoms with van der Waals surface area (Å²) in [6.07, 6.45) is -0.914. The summed E-state index contributed by atoms with van der Waals surface area (Å²) in [6, 6.07) is 7.57. The number of rotatable bonds is 6. The molecule has 3 atom stereocenters. The van der Waals surface area contributed by atoms with Gasteiger partial charge in [0.15, 0.2) is 6.10 Å². The monoisotopic (exact) mass is 406 g/mol. The zero-order valence-electron chi connectivity index (χ0n) is 17.4. The van der Waals surface area contributed by atoms with Crippen molar-refractivity contribution in [2.24, 2.45) is 0 Å². The Bertz CT molecular complexity index is 716. The molecule has 1 saturated heterocycles. The van der Waals surface area contributed by atoms with E-state index in [0.29, 0.717) is 19.4 Å². The number of benzene rings is 1. The van der Waals surface area contributed by atoms with Crippen LogP contribution in [0.15, 0.2) is 30.3 Å². The molecule has 0 aromatic heterocycles. The Morgan fingerprint density at radius 2 is 1.90 bits per heavy atom. The van der Waals surface area contributed by atoms with Gasteiger partial charge in [-0.05, 0) is 45.6 Å². The first-order valence-electron chi connectivity index (χ1n) is 9.72. The van der Waals surface area contributed by atoms with Crippen LogP contribution in [0.4, 0.5) is 4.79 Å². The molecule has 160 valence electrons. The summed E-state index contributed by atoms with van der Waals surface area (Å²) in [5.74, 6) is -1.13. The van der Waals surface area contributed by atoms with E-state index in [4.69, 9.17) is 9.47 Å². The lowest BCUT2D eigenvalue weighted by Gasteiger charge is -2.30. The number of aliphatic hydroxyl groups is 1. The fourth-order valence-electron chi connectivity index (χ4n) is 3.32. The van der Waals surface area contributed by atoms with Gasteiger partial charge in [0.05, 0.1) is 13.2 Å². The molecule has 0 bridgehead atoms. The average molecular weight is 406 g/mol. The van der Waals surface area contributed by atoms with Crippen molar-refractivity contribution in [1.29, 1.82) is 0 Å². The highest BCUT2D eigenvalue weighted by Gasteiger charge is 2.40. The van der Waals surface area contributed by atoms with Crippen LogP contribution >= 0.6 is 0 Å². The highest BCUT2D eigenvalue weighted by molar-refractivity contribution is 5.88. The van der Waals surface area contributed by atoms with Crippen LogP contribution in [0, 0.1) is 0 Å². The van der Waals surface area contributed by atoms with Crippen LogP contribution < -0.4 is 5.32 Å². The van der Waals surface area contributed by atoms with Gasteiger partial charge in [-0.3, -0.25) is 4.79 Å². The van der Waals surface area contributed by atoms with Gasteiger partial charge in [-0.25, -0.2) is 9.59 Å². The molecule has 1 heterocycles. The van der Waals surface area contributed by atoms with Gasteiger partial charge in [-0.2, -0.15) is 0 Å². The van der Waals surface area contributed by atoms with E-state index in [2.05, 4.69) is 5.32 Å². The molecule has 0 radical (unpaired) electrons. The topological polar surface area (TPSA) is 105 Å². The maximum atomic E-state index is 13.0. The summed E-state index contributed by atoms with van der Waals surface area (Å²) in [4.78, 5) is 38.5. The minimum absolute atomic E-state index is 0.226. The number of ether oxygens (including phenoxy) is 2. The SMILES string of the molecule is COC(=O)[C@@H]1CCCN1C(=O)[C@H](O)[C@H](Cc1ccccc1)NC(=O)OC(C)(C)C. The standard InChI is InChI=1S/C21H30N2O6/c1-21(2,3)29-20(27)22-15(13-14-9-6-5-7-10-14)17(24)18(25)23-12-8-11-16(23)19(26)28-4/h5-7,9-10,15-17,24H,8,11-13H2,1-4H3,(H,22,27)/t15-,16-,17+/m0/s1. The number of alkyl carbamates (subject to hydrolysis) is 1. The van der Waals surface area contributed by atoms with Crippen molar-refractivity contribution >= 4 is 18.0 Å². The highest BCUT2D eigenvalue weighted by Crippen LogP contribution is 2.21. The second kappa shape index (κ2) is 9.73. The quantitative estimate of drug-likeness (QED) is 0.696. The van der Waals surface area contributed by atoms with Gasteiger partial charge in [-0.15, -0.1) is 0 Å². The zero-order valence-corrected chi connectivity index (χ0v) is 17.4. The minimum Gasteiger partial charge on any atom is -0.467 e. The number of carbonyl (C=O) groups is 3. The van der Waals surface area contributed by atoms with Gasteiger partial charge in [0.1, 0.15) is 11.6 Å². The Labute approximate surface area is 171 Å². The fourth-order valence-corrected chi connectivity index (χ4v) is 3.32. The molecule has 0 spiro atoms. The Kier molecular flexibility index (Phi) is 7.61. The van der Waals surface area contributed by atoms with Crippen LogP contribution in [-0.2, 0) is 25.5 Å². The Hall–Kier alpha value is -2.61. The number of methoxy groups -OCH3 is 1. The smallest absolute Gasteiger partial charge is 0.407 e. The minimum atomic E-state index is -1.53. The van der Waals surface area contributed by atoms with Crippen molar-refractivity contribution in [2.75, 3.05) is 13.7 Å². The van der Waals surface area contributed by atoms with Gasteiger partial charge < -0.3 is 24.8 Å². The predicted molar refractivity (Wildman–Crippen MR) is 106 cm³/mol. The molecule has 1 aromatic rings. The second-order valence-electron chi connectivity index (χ2n) is 8.10. The van der Waals surface area contributed by atoms with Crippen molar-refractivity contribution in [3.05, 3.63) is 35.9 Å². The Morgan fingerprint density at radius 3 is 2.48 bits per heavy atom. The van der Waals surface area contributed by atoms with Crippen LogP contribution in [0.3, 0.4) is 0 Å². The van der Waals surface area contributed by atoms with E-state index in [1.807, 2.05) is 30.3 Å². The van der Waals surface area contributed by atoms with Gasteiger partial charge >= 0.3 is 12.1 Å². The molecule has 1 aromatic carbocycles. The molecule has 1 fully saturated rings. The summed E-state index contributed by atoms with van der Waals surface area (Å²) in [7, 11) is 1.27. The number of nitrogens with one attached hydrogen (secondary N) is 1.